The van der Waals surface area contributed by atoms with Gasteiger partial charge in [0.05, 0.1) is 6.10 Å². The molecule has 0 spiro atoms. The van der Waals surface area contributed by atoms with Crippen molar-refractivity contribution < 1.29 is 19.7 Å². The first kappa shape index (κ1) is 15.1. The summed E-state index contributed by atoms with van der Waals surface area (Å²) in [7, 11) is 0. The summed E-state index contributed by atoms with van der Waals surface area (Å²) in [5, 5.41) is 22.2. The van der Waals surface area contributed by atoms with E-state index < -0.39 is 6.10 Å². The molecule has 1 aromatic rings. The zero-order valence-corrected chi connectivity index (χ0v) is 11.8. The monoisotopic (exact) mass is 281 g/mol. The van der Waals surface area contributed by atoms with Crippen molar-refractivity contribution in [3.8, 4) is 11.5 Å². The van der Waals surface area contributed by atoms with Crippen molar-refractivity contribution in [2.24, 2.45) is 0 Å². The molecular formula is C15H23NO4. The largest absolute Gasteiger partial charge is 0.486 e. The molecule has 1 heterocycles. The molecule has 2 atom stereocenters. The Hall–Kier alpha value is -1.30. The topological polar surface area (TPSA) is 71.0 Å². The van der Waals surface area contributed by atoms with Crippen LogP contribution in [0.1, 0.15) is 31.4 Å². The van der Waals surface area contributed by atoms with Gasteiger partial charge in [0.1, 0.15) is 13.2 Å². The second-order valence-electron chi connectivity index (χ2n) is 5.09. The molecule has 1 aromatic carbocycles. The minimum Gasteiger partial charge on any atom is -0.486 e. The quantitative estimate of drug-likeness (QED) is 0.701. The second kappa shape index (κ2) is 7.47. The van der Waals surface area contributed by atoms with Gasteiger partial charge in [0.15, 0.2) is 11.5 Å². The Balaban J connectivity index is 1.87. The molecule has 0 radical (unpaired) electrons. The van der Waals surface area contributed by atoms with Crippen LogP contribution in [-0.2, 0) is 0 Å². The molecule has 3 N–H and O–H groups in total. The van der Waals surface area contributed by atoms with Gasteiger partial charge in [-0.3, -0.25) is 0 Å². The van der Waals surface area contributed by atoms with Crippen molar-refractivity contribution in [1.82, 2.24) is 5.32 Å². The fourth-order valence-electron chi connectivity index (χ4n) is 2.20. The molecule has 2 unspecified atom stereocenters. The average molecular weight is 281 g/mol. The van der Waals surface area contributed by atoms with Gasteiger partial charge in [-0.25, -0.2) is 0 Å². The van der Waals surface area contributed by atoms with E-state index in [1.165, 1.54) is 0 Å². The first-order valence-electron chi connectivity index (χ1n) is 7.12. The molecule has 1 aliphatic rings. The van der Waals surface area contributed by atoms with Crippen LogP contribution in [0.25, 0.3) is 0 Å². The van der Waals surface area contributed by atoms with E-state index in [9.17, 15) is 5.11 Å². The number of nitrogens with one attached hydrogen (secondary N) is 1. The van der Waals surface area contributed by atoms with Crippen LogP contribution in [0.5, 0.6) is 11.5 Å². The van der Waals surface area contributed by atoms with Crippen molar-refractivity contribution in [2.45, 2.75) is 31.9 Å². The van der Waals surface area contributed by atoms with Gasteiger partial charge < -0.3 is 25.0 Å². The standard InChI is InChI=1S/C15H23NO4/c1-11(3-2-6-17)16-10-13(18)12-4-5-14-15(9-12)20-8-7-19-14/h4-5,9,11,13,16-18H,2-3,6-8,10H2,1H3. The van der Waals surface area contributed by atoms with Crippen LogP contribution in [0.3, 0.4) is 0 Å². The molecule has 0 saturated heterocycles. The second-order valence-corrected chi connectivity index (χ2v) is 5.09. The SMILES string of the molecule is CC(CCCO)NCC(O)c1ccc2c(c1)OCCO2. The van der Waals surface area contributed by atoms with Gasteiger partial charge in [0, 0.05) is 19.2 Å². The maximum Gasteiger partial charge on any atom is 0.161 e. The van der Waals surface area contributed by atoms with Gasteiger partial charge in [-0.15, -0.1) is 0 Å². The summed E-state index contributed by atoms with van der Waals surface area (Å²) in [6.45, 7) is 3.84. The van der Waals surface area contributed by atoms with Crippen LogP contribution in [0.2, 0.25) is 0 Å². The normalized spacial score (nSPS) is 16.8. The minimum absolute atomic E-state index is 0.205. The molecule has 0 aromatic heterocycles. The predicted octanol–water partition coefficient (Wildman–Crippen LogP) is 1.24. The van der Waals surface area contributed by atoms with E-state index in [1.807, 2.05) is 25.1 Å². The van der Waals surface area contributed by atoms with Gasteiger partial charge >= 0.3 is 0 Å². The molecule has 5 heteroatoms. The highest BCUT2D eigenvalue weighted by Crippen LogP contribution is 2.32. The van der Waals surface area contributed by atoms with Crippen molar-refractivity contribution in [3.63, 3.8) is 0 Å². The van der Waals surface area contributed by atoms with Crippen LogP contribution in [-0.4, -0.2) is 42.6 Å². The first-order valence-corrected chi connectivity index (χ1v) is 7.12. The summed E-state index contributed by atoms with van der Waals surface area (Å²) in [4.78, 5) is 0. The molecule has 0 aliphatic carbocycles. The predicted molar refractivity (Wildman–Crippen MR) is 76.2 cm³/mol. The van der Waals surface area contributed by atoms with Crippen molar-refractivity contribution >= 4 is 0 Å². The van der Waals surface area contributed by atoms with Crippen LogP contribution < -0.4 is 14.8 Å². The summed E-state index contributed by atoms with van der Waals surface area (Å²) in [5.41, 5.74) is 0.816. The van der Waals surface area contributed by atoms with E-state index in [4.69, 9.17) is 14.6 Å². The van der Waals surface area contributed by atoms with Crippen molar-refractivity contribution in [1.29, 1.82) is 0 Å². The molecule has 20 heavy (non-hydrogen) atoms. The van der Waals surface area contributed by atoms with E-state index in [-0.39, 0.29) is 12.6 Å². The van der Waals surface area contributed by atoms with Crippen LogP contribution in [0, 0.1) is 0 Å². The average Bonchev–Trinajstić information content (AvgIpc) is 2.50. The number of hydrogen-bond acceptors (Lipinski definition) is 5. The lowest BCUT2D eigenvalue weighted by molar-refractivity contribution is 0.160. The fourth-order valence-corrected chi connectivity index (χ4v) is 2.20. The lowest BCUT2D eigenvalue weighted by atomic mass is 10.1. The molecule has 0 fully saturated rings. The smallest absolute Gasteiger partial charge is 0.161 e. The third kappa shape index (κ3) is 4.10. The number of benzene rings is 1. The first-order chi connectivity index (χ1) is 9.70. The molecule has 0 bridgehead atoms. The summed E-state index contributed by atoms with van der Waals surface area (Å²) in [5.74, 6) is 1.43. The maximum atomic E-state index is 10.2. The molecule has 0 saturated carbocycles. The Bertz CT molecular complexity index is 424. The Morgan fingerprint density at radius 2 is 2.00 bits per heavy atom. The van der Waals surface area contributed by atoms with Crippen LogP contribution in [0.4, 0.5) is 0 Å². The highest BCUT2D eigenvalue weighted by Gasteiger charge is 2.15. The summed E-state index contributed by atoms with van der Waals surface area (Å²) >= 11 is 0. The molecule has 5 nitrogen and oxygen atoms in total. The van der Waals surface area contributed by atoms with Crippen molar-refractivity contribution in [3.05, 3.63) is 23.8 Å². The van der Waals surface area contributed by atoms with Gasteiger partial charge in [-0.05, 0) is 37.5 Å². The third-order valence-corrected chi connectivity index (χ3v) is 3.41. The van der Waals surface area contributed by atoms with E-state index in [0.29, 0.717) is 25.5 Å². The molecule has 2 rings (SSSR count). The minimum atomic E-state index is -0.581. The zero-order valence-electron chi connectivity index (χ0n) is 11.8. The van der Waals surface area contributed by atoms with E-state index >= 15 is 0 Å². The maximum absolute atomic E-state index is 10.2. The Labute approximate surface area is 119 Å². The number of aliphatic hydroxyl groups is 2. The summed E-state index contributed by atoms with van der Waals surface area (Å²) in [6, 6.07) is 5.80. The van der Waals surface area contributed by atoms with Crippen molar-refractivity contribution in [2.75, 3.05) is 26.4 Å². The number of rotatable bonds is 7. The Kier molecular flexibility index (Phi) is 5.64. The van der Waals surface area contributed by atoms with Crippen LogP contribution >= 0.6 is 0 Å². The van der Waals surface area contributed by atoms with Gasteiger partial charge in [0.2, 0.25) is 0 Å². The van der Waals surface area contributed by atoms with Gasteiger partial charge in [-0.1, -0.05) is 6.07 Å². The van der Waals surface area contributed by atoms with E-state index in [2.05, 4.69) is 5.32 Å². The van der Waals surface area contributed by atoms with Crippen LogP contribution in [0.15, 0.2) is 18.2 Å². The van der Waals surface area contributed by atoms with E-state index in [0.717, 1.165) is 24.2 Å². The van der Waals surface area contributed by atoms with Gasteiger partial charge in [0.25, 0.3) is 0 Å². The highest BCUT2D eigenvalue weighted by atomic mass is 16.6. The third-order valence-electron chi connectivity index (χ3n) is 3.41. The lowest BCUT2D eigenvalue weighted by Gasteiger charge is -2.21. The molecular weight excluding hydrogens is 258 g/mol. The number of hydrogen-bond donors (Lipinski definition) is 3. The molecule has 0 amide bonds. The number of ether oxygens (including phenoxy) is 2. The Morgan fingerprint density at radius 3 is 2.75 bits per heavy atom. The van der Waals surface area contributed by atoms with Gasteiger partial charge in [-0.2, -0.15) is 0 Å². The Morgan fingerprint density at radius 1 is 1.25 bits per heavy atom. The summed E-state index contributed by atoms with van der Waals surface area (Å²) in [6.07, 6.45) is 1.08. The lowest BCUT2D eigenvalue weighted by Crippen LogP contribution is -2.30. The number of aliphatic hydroxyl groups excluding tert-OH is 2. The molecule has 112 valence electrons. The molecule has 1 aliphatic heterocycles. The number of fused-ring (bicyclic) bond motifs is 1. The van der Waals surface area contributed by atoms with E-state index in [1.54, 1.807) is 0 Å². The highest BCUT2D eigenvalue weighted by molar-refractivity contribution is 5.44. The fraction of sp³-hybridized carbons (Fsp3) is 0.600. The zero-order chi connectivity index (χ0) is 14.4. The summed E-state index contributed by atoms with van der Waals surface area (Å²) < 4.78 is 11.0.